The highest BCUT2D eigenvalue weighted by Crippen LogP contribution is 1.64. The molecule has 10 heavy (non-hydrogen) atoms. The van der Waals surface area contributed by atoms with Crippen LogP contribution in [0.2, 0.25) is 0 Å². The summed E-state index contributed by atoms with van der Waals surface area (Å²) in [4.78, 5) is 3.77. The number of rotatable bonds is 5. The van der Waals surface area contributed by atoms with Gasteiger partial charge in [0, 0.05) is 19.6 Å². The SMILES string of the molecule is NCCNCCN=C(N)N. The Balaban J connectivity index is 2.98. The molecule has 0 rings (SSSR count). The first-order chi connectivity index (χ1) is 4.77. The highest BCUT2D eigenvalue weighted by molar-refractivity contribution is 5.75. The van der Waals surface area contributed by atoms with Gasteiger partial charge in [-0.15, -0.1) is 0 Å². The number of nitrogens with zero attached hydrogens (tertiary/aromatic N) is 1. The van der Waals surface area contributed by atoms with Crippen LogP contribution in [0.3, 0.4) is 0 Å². The number of hydrogen-bond acceptors (Lipinski definition) is 3. The third kappa shape index (κ3) is 7.19. The van der Waals surface area contributed by atoms with E-state index in [1.807, 2.05) is 0 Å². The molecule has 0 aromatic heterocycles. The van der Waals surface area contributed by atoms with E-state index in [2.05, 4.69) is 10.3 Å². The highest BCUT2D eigenvalue weighted by Gasteiger charge is 1.82. The fourth-order valence-corrected chi connectivity index (χ4v) is 0.491. The molecular weight excluding hydrogens is 130 g/mol. The molecule has 0 saturated heterocycles. The van der Waals surface area contributed by atoms with Crippen molar-refractivity contribution in [3.05, 3.63) is 0 Å². The van der Waals surface area contributed by atoms with Gasteiger partial charge < -0.3 is 22.5 Å². The van der Waals surface area contributed by atoms with Crippen LogP contribution >= 0.6 is 0 Å². The first-order valence-corrected chi connectivity index (χ1v) is 3.23. The molecule has 5 heteroatoms. The lowest BCUT2D eigenvalue weighted by Crippen LogP contribution is -2.27. The van der Waals surface area contributed by atoms with Crippen molar-refractivity contribution in [1.82, 2.24) is 5.32 Å². The van der Waals surface area contributed by atoms with Crippen molar-refractivity contribution in [3.63, 3.8) is 0 Å². The normalized spacial score (nSPS) is 9.30. The van der Waals surface area contributed by atoms with Crippen molar-refractivity contribution >= 4 is 5.96 Å². The van der Waals surface area contributed by atoms with Crippen molar-refractivity contribution in [2.24, 2.45) is 22.2 Å². The lowest BCUT2D eigenvalue weighted by Gasteiger charge is -1.98. The van der Waals surface area contributed by atoms with Crippen molar-refractivity contribution in [2.45, 2.75) is 0 Å². The molecule has 0 heterocycles. The molecule has 0 fully saturated rings. The molecule has 0 aliphatic rings. The molecule has 0 aromatic carbocycles. The Kier molecular flexibility index (Phi) is 5.80. The maximum absolute atomic E-state index is 5.22. The average Bonchev–Trinajstić information content (AvgIpc) is 1.87. The third-order valence-electron chi connectivity index (χ3n) is 0.904. The van der Waals surface area contributed by atoms with Crippen LogP contribution in [0.5, 0.6) is 0 Å². The summed E-state index contributed by atoms with van der Waals surface area (Å²) in [6.07, 6.45) is 0. The molecule has 0 spiro atoms. The van der Waals surface area contributed by atoms with Gasteiger partial charge in [-0.3, -0.25) is 4.99 Å². The summed E-state index contributed by atoms with van der Waals surface area (Å²) >= 11 is 0. The van der Waals surface area contributed by atoms with Gasteiger partial charge in [0.1, 0.15) is 0 Å². The Bertz CT molecular complexity index is 96.2. The Morgan fingerprint density at radius 3 is 2.50 bits per heavy atom. The summed E-state index contributed by atoms with van der Waals surface area (Å²) in [6, 6.07) is 0. The number of nitrogens with two attached hydrogens (primary N) is 3. The standard InChI is InChI=1S/C5H15N5/c6-1-2-9-3-4-10-5(7)8/h9H,1-4,6H2,(H4,7,8,10). The van der Waals surface area contributed by atoms with Crippen LogP contribution in [0, 0.1) is 0 Å². The molecule has 5 nitrogen and oxygen atoms in total. The van der Waals surface area contributed by atoms with Gasteiger partial charge in [0.15, 0.2) is 5.96 Å². The van der Waals surface area contributed by atoms with Crippen LogP contribution in [0.4, 0.5) is 0 Å². The minimum Gasteiger partial charge on any atom is -0.370 e. The zero-order valence-corrected chi connectivity index (χ0v) is 6.01. The smallest absolute Gasteiger partial charge is 0.185 e. The predicted molar refractivity (Wildman–Crippen MR) is 42.6 cm³/mol. The van der Waals surface area contributed by atoms with Gasteiger partial charge in [-0.1, -0.05) is 0 Å². The summed E-state index contributed by atoms with van der Waals surface area (Å²) < 4.78 is 0. The molecule has 0 unspecified atom stereocenters. The number of nitrogens with one attached hydrogen (secondary N) is 1. The molecule has 0 radical (unpaired) electrons. The summed E-state index contributed by atoms with van der Waals surface area (Å²) in [6.45, 7) is 2.83. The highest BCUT2D eigenvalue weighted by atomic mass is 15.0. The molecule has 60 valence electrons. The van der Waals surface area contributed by atoms with E-state index in [1.54, 1.807) is 0 Å². The third-order valence-corrected chi connectivity index (χ3v) is 0.904. The van der Waals surface area contributed by atoms with Crippen LogP contribution in [0.25, 0.3) is 0 Å². The molecular formula is C5H15N5. The Morgan fingerprint density at radius 1 is 1.30 bits per heavy atom. The fourth-order valence-electron chi connectivity index (χ4n) is 0.491. The molecule has 0 aliphatic heterocycles. The fraction of sp³-hybridized carbons (Fsp3) is 0.800. The number of aliphatic imine (C=N–C) groups is 1. The zero-order chi connectivity index (χ0) is 7.82. The second-order valence-corrected chi connectivity index (χ2v) is 1.85. The number of guanidine groups is 1. The van der Waals surface area contributed by atoms with Gasteiger partial charge in [-0.25, -0.2) is 0 Å². The number of hydrogen-bond donors (Lipinski definition) is 4. The Labute approximate surface area is 60.7 Å². The van der Waals surface area contributed by atoms with Crippen LogP contribution in [0.15, 0.2) is 4.99 Å². The maximum Gasteiger partial charge on any atom is 0.185 e. The van der Waals surface area contributed by atoms with Crippen LogP contribution in [-0.2, 0) is 0 Å². The monoisotopic (exact) mass is 145 g/mol. The Hall–Kier alpha value is -0.810. The summed E-state index contributed by atoms with van der Waals surface area (Å²) in [7, 11) is 0. The lowest BCUT2D eigenvalue weighted by atomic mass is 10.6. The maximum atomic E-state index is 5.22. The van der Waals surface area contributed by atoms with Gasteiger partial charge in [-0.05, 0) is 0 Å². The van der Waals surface area contributed by atoms with Gasteiger partial charge in [-0.2, -0.15) is 0 Å². The van der Waals surface area contributed by atoms with Crippen molar-refractivity contribution < 1.29 is 0 Å². The largest absolute Gasteiger partial charge is 0.370 e. The topological polar surface area (TPSA) is 102 Å². The van der Waals surface area contributed by atoms with Crippen molar-refractivity contribution in [3.8, 4) is 0 Å². The lowest BCUT2D eigenvalue weighted by molar-refractivity contribution is 0.696. The zero-order valence-electron chi connectivity index (χ0n) is 6.01. The summed E-state index contributed by atoms with van der Waals surface area (Å²) in [5.74, 6) is 0.134. The van der Waals surface area contributed by atoms with Crippen LogP contribution in [0.1, 0.15) is 0 Å². The Morgan fingerprint density at radius 2 is 2.00 bits per heavy atom. The van der Waals surface area contributed by atoms with Gasteiger partial charge in [0.25, 0.3) is 0 Å². The van der Waals surface area contributed by atoms with Crippen LogP contribution in [-0.4, -0.2) is 32.1 Å². The quantitative estimate of drug-likeness (QED) is 0.200. The molecule has 7 N–H and O–H groups in total. The second-order valence-electron chi connectivity index (χ2n) is 1.85. The van der Waals surface area contributed by atoms with E-state index < -0.39 is 0 Å². The molecule has 0 saturated carbocycles. The van der Waals surface area contributed by atoms with E-state index in [0.717, 1.165) is 13.1 Å². The average molecular weight is 145 g/mol. The van der Waals surface area contributed by atoms with Gasteiger partial charge >= 0.3 is 0 Å². The first-order valence-electron chi connectivity index (χ1n) is 3.23. The van der Waals surface area contributed by atoms with Crippen molar-refractivity contribution in [1.29, 1.82) is 0 Å². The molecule has 0 amide bonds. The van der Waals surface area contributed by atoms with Gasteiger partial charge in [0.2, 0.25) is 0 Å². The van der Waals surface area contributed by atoms with E-state index >= 15 is 0 Å². The summed E-state index contributed by atoms with van der Waals surface area (Å²) in [5, 5.41) is 3.05. The van der Waals surface area contributed by atoms with E-state index in [0.29, 0.717) is 13.1 Å². The molecule has 0 atom stereocenters. The molecule has 0 aromatic rings. The van der Waals surface area contributed by atoms with E-state index in [-0.39, 0.29) is 5.96 Å². The first kappa shape index (κ1) is 9.19. The van der Waals surface area contributed by atoms with Crippen molar-refractivity contribution in [2.75, 3.05) is 26.2 Å². The van der Waals surface area contributed by atoms with E-state index in [9.17, 15) is 0 Å². The predicted octanol–water partition coefficient (Wildman–Crippen LogP) is -2.19. The van der Waals surface area contributed by atoms with Crippen LogP contribution < -0.4 is 22.5 Å². The second kappa shape index (κ2) is 6.31. The van der Waals surface area contributed by atoms with E-state index in [4.69, 9.17) is 17.2 Å². The minimum atomic E-state index is 0.134. The summed E-state index contributed by atoms with van der Waals surface area (Å²) in [5.41, 5.74) is 15.4. The molecule has 0 aliphatic carbocycles. The van der Waals surface area contributed by atoms with E-state index in [1.165, 1.54) is 0 Å². The molecule has 0 bridgehead atoms. The minimum absolute atomic E-state index is 0.134. The van der Waals surface area contributed by atoms with Gasteiger partial charge in [0.05, 0.1) is 6.54 Å².